The van der Waals surface area contributed by atoms with E-state index < -0.39 is 37.4 Å². The second-order valence-electron chi connectivity index (χ2n) is 6.27. The Morgan fingerprint density at radius 2 is 2.12 bits per heavy atom. The van der Waals surface area contributed by atoms with Crippen LogP contribution in [0.25, 0.3) is 0 Å². The lowest BCUT2D eigenvalue weighted by Gasteiger charge is -2.19. The van der Waals surface area contributed by atoms with E-state index >= 15 is 0 Å². The van der Waals surface area contributed by atoms with E-state index in [2.05, 4.69) is 10.6 Å². The molecule has 4 nitrogen and oxygen atoms in total. The van der Waals surface area contributed by atoms with Crippen molar-refractivity contribution in [3.05, 3.63) is 28.8 Å². The predicted octanol–water partition coefficient (Wildman–Crippen LogP) is 2.64. The highest BCUT2D eigenvalue weighted by atomic mass is 19.4. The SMILES string of the molecule is O=C(NCC(F)F)c1ccc2c3c1[C@H](CC(F)(F)F)CN3CCNC2. The highest BCUT2D eigenvalue weighted by molar-refractivity contribution is 5.98. The maximum Gasteiger partial charge on any atom is 0.389 e. The molecule has 1 aromatic carbocycles. The van der Waals surface area contributed by atoms with Crippen LogP contribution in [0.4, 0.5) is 27.6 Å². The zero-order valence-electron chi connectivity index (χ0n) is 13.3. The first-order chi connectivity index (χ1) is 11.8. The Morgan fingerprint density at radius 3 is 2.80 bits per heavy atom. The van der Waals surface area contributed by atoms with Gasteiger partial charge in [-0.15, -0.1) is 0 Å². The zero-order valence-corrected chi connectivity index (χ0v) is 13.3. The van der Waals surface area contributed by atoms with Gasteiger partial charge in [-0.05, 0) is 17.2 Å². The number of benzene rings is 1. The lowest BCUT2D eigenvalue weighted by Crippen LogP contribution is -2.30. The number of carbonyl (C=O) groups excluding carboxylic acids is 1. The van der Waals surface area contributed by atoms with Gasteiger partial charge in [-0.1, -0.05) is 6.07 Å². The maximum absolute atomic E-state index is 13.0. The summed E-state index contributed by atoms with van der Waals surface area (Å²) in [5.41, 5.74) is 1.84. The summed E-state index contributed by atoms with van der Waals surface area (Å²) >= 11 is 0. The number of hydrogen-bond donors (Lipinski definition) is 2. The molecule has 0 bridgehead atoms. The van der Waals surface area contributed by atoms with Gasteiger partial charge < -0.3 is 15.5 Å². The van der Waals surface area contributed by atoms with Gasteiger partial charge >= 0.3 is 6.18 Å². The number of nitrogens with one attached hydrogen (secondary N) is 2. The molecular weight excluding hydrogens is 345 g/mol. The van der Waals surface area contributed by atoms with Crippen LogP contribution >= 0.6 is 0 Å². The summed E-state index contributed by atoms with van der Waals surface area (Å²) in [6.07, 6.45) is -8.12. The third-order valence-electron chi connectivity index (χ3n) is 4.48. The van der Waals surface area contributed by atoms with Crippen molar-refractivity contribution in [2.45, 2.75) is 31.5 Å². The quantitative estimate of drug-likeness (QED) is 0.809. The van der Waals surface area contributed by atoms with Gasteiger partial charge in [-0.25, -0.2) is 8.78 Å². The van der Waals surface area contributed by atoms with Crippen LogP contribution in [0.15, 0.2) is 12.1 Å². The molecule has 0 aliphatic carbocycles. The number of alkyl halides is 5. The molecule has 138 valence electrons. The smallest absolute Gasteiger partial charge is 0.369 e. The van der Waals surface area contributed by atoms with Crippen LogP contribution in [-0.2, 0) is 6.54 Å². The number of anilines is 1. The summed E-state index contributed by atoms with van der Waals surface area (Å²) in [5.74, 6) is -1.63. The minimum atomic E-state index is -4.37. The molecular formula is C16H18F5N3O. The monoisotopic (exact) mass is 363 g/mol. The standard InChI is InChI=1S/C16H18F5N3O/c17-12(18)7-23-15(25)11-2-1-9-6-22-3-4-24-8-10(5-16(19,20)21)13(11)14(9)24/h1-2,10,12,22H,3-8H2,(H,23,25)/t10-/m1/s1. The molecule has 25 heavy (non-hydrogen) atoms. The van der Waals surface area contributed by atoms with Crippen molar-refractivity contribution < 1.29 is 26.7 Å². The van der Waals surface area contributed by atoms with E-state index in [9.17, 15) is 26.7 Å². The third kappa shape index (κ3) is 3.86. The van der Waals surface area contributed by atoms with Crippen LogP contribution in [0.1, 0.15) is 33.8 Å². The molecule has 0 saturated heterocycles. The van der Waals surface area contributed by atoms with E-state index in [0.717, 1.165) is 5.56 Å². The molecule has 3 rings (SSSR count). The van der Waals surface area contributed by atoms with Crippen molar-refractivity contribution in [1.82, 2.24) is 10.6 Å². The second-order valence-corrected chi connectivity index (χ2v) is 6.27. The first kappa shape index (κ1) is 17.9. The zero-order chi connectivity index (χ0) is 18.2. The van der Waals surface area contributed by atoms with Crippen LogP contribution in [0.5, 0.6) is 0 Å². The molecule has 0 saturated carbocycles. The van der Waals surface area contributed by atoms with E-state index in [1.165, 1.54) is 6.07 Å². The number of hydrogen-bond acceptors (Lipinski definition) is 3. The van der Waals surface area contributed by atoms with E-state index in [0.29, 0.717) is 30.9 Å². The van der Waals surface area contributed by atoms with E-state index in [-0.39, 0.29) is 12.1 Å². The van der Waals surface area contributed by atoms with Gasteiger partial charge in [-0.3, -0.25) is 4.79 Å². The molecule has 0 spiro atoms. The normalized spacial score (nSPS) is 19.8. The Morgan fingerprint density at radius 1 is 1.36 bits per heavy atom. The van der Waals surface area contributed by atoms with Gasteiger partial charge in [0.15, 0.2) is 0 Å². The Bertz CT molecular complexity index is 662. The van der Waals surface area contributed by atoms with Crippen LogP contribution in [0.3, 0.4) is 0 Å². The van der Waals surface area contributed by atoms with Gasteiger partial charge in [0, 0.05) is 43.3 Å². The number of amides is 1. The van der Waals surface area contributed by atoms with Gasteiger partial charge in [0.2, 0.25) is 0 Å². The Kier molecular flexibility index (Phi) is 4.86. The van der Waals surface area contributed by atoms with Crippen molar-refractivity contribution in [2.75, 3.05) is 31.1 Å². The van der Waals surface area contributed by atoms with Crippen molar-refractivity contribution in [2.24, 2.45) is 0 Å². The van der Waals surface area contributed by atoms with Gasteiger partial charge in [0.1, 0.15) is 0 Å². The first-order valence-electron chi connectivity index (χ1n) is 8.01. The van der Waals surface area contributed by atoms with Crippen molar-refractivity contribution in [1.29, 1.82) is 0 Å². The average molecular weight is 363 g/mol. The van der Waals surface area contributed by atoms with E-state index in [1.54, 1.807) is 6.07 Å². The van der Waals surface area contributed by atoms with Gasteiger partial charge in [-0.2, -0.15) is 13.2 Å². The summed E-state index contributed by atoms with van der Waals surface area (Å²) in [6, 6.07) is 3.12. The summed E-state index contributed by atoms with van der Waals surface area (Å²) in [7, 11) is 0. The maximum atomic E-state index is 13.0. The second kappa shape index (κ2) is 6.78. The topological polar surface area (TPSA) is 44.4 Å². The molecule has 1 atom stereocenters. The van der Waals surface area contributed by atoms with Crippen LogP contribution < -0.4 is 15.5 Å². The highest BCUT2D eigenvalue weighted by Crippen LogP contribution is 2.46. The molecule has 0 unspecified atom stereocenters. The summed E-state index contributed by atoms with van der Waals surface area (Å²) in [6.45, 7) is 1.000. The Labute approximate surface area is 141 Å². The fourth-order valence-corrected chi connectivity index (χ4v) is 3.58. The van der Waals surface area contributed by atoms with Crippen LogP contribution in [0.2, 0.25) is 0 Å². The largest absolute Gasteiger partial charge is 0.389 e. The fraction of sp³-hybridized carbons (Fsp3) is 0.562. The molecule has 0 fully saturated rings. The minimum Gasteiger partial charge on any atom is -0.369 e. The molecule has 9 heteroatoms. The Hall–Kier alpha value is -1.90. The number of rotatable bonds is 4. The lowest BCUT2D eigenvalue weighted by molar-refractivity contribution is -0.138. The number of carbonyl (C=O) groups is 1. The van der Waals surface area contributed by atoms with Crippen molar-refractivity contribution >= 4 is 11.6 Å². The molecule has 2 N–H and O–H groups in total. The Balaban J connectivity index is 2.01. The number of nitrogens with zero attached hydrogens (tertiary/aromatic N) is 1. The van der Waals surface area contributed by atoms with Gasteiger partial charge in [0.05, 0.1) is 13.0 Å². The molecule has 2 heterocycles. The average Bonchev–Trinajstić information content (AvgIpc) is 2.73. The molecule has 0 radical (unpaired) electrons. The third-order valence-corrected chi connectivity index (χ3v) is 4.48. The summed E-state index contributed by atoms with van der Waals surface area (Å²) < 4.78 is 63.7. The highest BCUT2D eigenvalue weighted by Gasteiger charge is 2.41. The molecule has 2 aliphatic heterocycles. The molecule has 2 aliphatic rings. The van der Waals surface area contributed by atoms with Crippen LogP contribution in [0, 0.1) is 0 Å². The number of halogens is 5. The summed E-state index contributed by atoms with van der Waals surface area (Å²) in [4.78, 5) is 14.1. The lowest BCUT2D eigenvalue weighted by atomic mass is 9.90. The van der Waals surface area contributed by atoms with Gasteiger partial charge in [0.25, 0.3) is 12.3 Å². The van der Waals surface area contributed by atoms with E-state index in [4.69, 9.17) is 0 Å². The first-order valence-corrected chi connectivity index (χ1v) is 8.01. The molecule has 1 aromatic rings. The summed E-state index contributed by atoms with van der Waals surface area (Å²) in [5, 5.41) is 5.28. The van der Waals surface area contributed by atoms with E-state index in [1.807, 2.05) is 4.90 Å². The van der Waals surface area contributed by atoms with Crippen molar-refractivity contribution in [3.63, 3.8) is 0 Å². The predicted molar refractivity (Wildman–Crippen MR) is 82.1 cm³/mol. The minimum absolute atomic E-state index is 0.0537. The molecule has 1 amide bonds. The van der Waals surface area contributed by atoms with Crippen molar-refractivity contribution in [3.8, 4) is 0 Å². The fourth-order valence-electron chi connectivity index (χ4n) is 3.58. The van der Waals surface area contributed by atoms with Crippen LogP contribution in [-0.4, -0.2) is 44.7 Å². The molecule has 0 aromatic heterocycles.